The van der Waals surface area contributed by atoms with Gasteiger partial charge in [-0.2, -0.15) is 4.98 Å². The number of ether oxygens (including phenoxy) is 1. The lowest BCUT2D eigenvalue weighted by molar-refractivity contribution is 0.0315. The molecule has 21 heavy (non-hydrogen) atoms. The van der Waals surface area contributed by atoms with Crippen molar-refractivity contribution in [1.29, 1.82) is 0 Å². The number of nitrogens with zero attached hydrogens (tertiary/aromatic N) is 2. The number of thiophene rings is 1. The van der Waals surface area contributed by atoms with Gasteiger partial charge in [0.15, 0.2) is 0 Å². The number of nitrogens with one attached hydrogen (secondary N) is 2. The summed E-state index contributed by atoms with van der Waals surface area (Å²) in [5.74, 6) is 1.56. The summed E-state index contributed by atoms with van der Waals surface area (Å²) in [7, 11) is 1.85. The Labute approximate surface area is 129 Å². The van der Waals surface area contributed by atoms with Gasteiger partial charge < -0.3 is 15.4 Å². The van der Waals surface area contributed by atoms with Gasteiger partial charge in [-0.15, -0.1) is 11.3 Å². The van der Waals surface area contributed by atoms with Crippen molar-refractivity contribution < 1.29 is 4.74 Å². The Bertz CT molecular complexity index is 634. The molecule has 0 aliphatic carbocycles. The number of aryl methyl sites for hydroxylation is 1. The highest BCUT2D eigenvalue weighted by Crippen LogP contribution is 2.31. The van der Waals surface area contributed by atoms with Crippen LogP contribution in [-0.4, -0.2) is 35.8 Å². The topological polar surface area (TPSA) is 59.1 Å². The quantitative estimate of drug-likeness (QED) is 0.888. The van der Waals surface area contributed by atoms with E-state index < -0.39 is 0 Å². The Kier molecular flexibility index (Phi) is 3.99. The summed E-state index contributed by atoms with van der Waals surface area (Å²) in [5, 5.41) is 7.62. The Morgan fingerprint density at radius 2 is 2.29 bits per heavy atom. The molecule has 2 aromatic heterocycles. The molecule has 5 nitrogen and oxygen atoms in total. The van der Waals surface area contributed by atoms with Crippen molar-refractivity contribution in [2.75, 3.05) is 30.8 Å². The molecule has 1 atom stereocenters. The lowest BCUT2D eigenvalue weighted by Crippen LogP contribution is -2.32. The molecule has 1 aliphatic rings. The standard InChI is InChI=1S/C15H22N4OS/c1-4-10-8-11-12(17-9-15(2)6-5-7-20-15)18-14(16-3)19-13(11)21-10/h8H,4-7,9H2,1-3H3,(H2,16,17,18,19). The van der Waals surface area contributed by atoms with Crippen LogP contribution in [0, 0.1) is 0 Å². The average Bonchev–Trinajstić information content (AvgIpc) is 3.10. The van der Waals surface area contributed by atoms with E-state index in [4.69, 9.17) is 4.74 Å². The summed E-state index contributed by atoms with van der Waals surface area (Å²) in [6.45, 7) is 5.96. The zero-order chi connectivity index (χ0) is 14.9. The molecule has 1 aliphatic heterocycles. The van der Waals surface area contributed by atoms with Gasteiger partial charge in [-0.1, -0.05) is 6.92 Å². The highest BCUT2D eigenvalue weighted by atomic mass is 32.1. The molecule has 0 spiro atoms. The minimum atomic E-state index is -0.0827. The summed E-state index contributed by atoms with van der Waals surface area (Å²) in [6, 6.07) is 2.19. The molecule has 0 aromatic carbocycles. The predicted molar refractivity (Wildman–Crippen MR) is 88.4 cm³/mol. The van der Waals surface area contributed by atoms with Crippen molar-refractivity contribution in [1.82, 2.24) is 9.97 Å². The van der Waals surface area contributed by atoms with Gasteiger partial charge in [0.2, 0.25) is 5.95 Å². The minimum Gasteiger partial charge on any atom is -0.373 e. The van der Waals surface area contributed by atoms with E-state index in [2.05, 4.69) is 40.5 Å². The normalized spacial score (nSPS) is 21.9. The third-order valence-electron chi connectivity index (χ3n) is 3.95. The van der Waals surface area contributed by atoms with E-state index in [1.165, 1.54) is 4.88 Å². The van der Waals surface area contributed by atoms with Crippen molar-refractivity contribution in [2.24, 2.45) is 0 Å². The molecular formula is C15H22N4OS. The third-order valence-corrected chi connectivity index (χ3v) is 5.12. The summed E-state index contributed by atoms with van der Waals surface area (Å²) in [5.41, 5.74) is -0.0827. The summed E-state index contributed by atoms with van der Waals surface area (Å²) >= 11 is 1.74. The SMILES string of the molecule is CCc1cc2c(NCC3(C)CCCO3)nc(NC)nc2s1. The van der Waals surface area contributed by atoms with Gasteiger partial charge in [0.05, 0.1) is 11.0 Å². The second kappa shape index (κ2) is 5.77. The van der Waals surface area contributed by atoms with Crippen molar-refractivity contribution in [3.63, 3.8) is 0 Å². The number of hydrogen-bond acceptors (Lipinski definition) is 6. The second-order valence-corrected chi connectivity index (χ2v) is 6.80. The number of rotatable bonds is 5. The van der Waals surface area contributed by atoms with Crippen LogP contribution >= 0.6 is 11.3 Å². The maximum absolute atomic E-state index is 5.84. The van der Waals surface area contributed by atoms with E-state index in [9.17, 15) is 0 Å². The maximum Gasteiger partial charge on any atom is 0.225 e. The van der Waals surface area contributed by atoms with E-state index in [1.807, 2.05) is 7.05 Å². The second-order valence-electron chi connectivity index (χ2n) is 5.69. The fourth-order valence-corrected chi connectivity index (χ4v) is 3.61. The molecule has 0 amide bonds. The lowest BCUT2D eigenvalue weighted by atomic mass is 10.0. The first kappa shape index (κ1) is 14.5. The van der Waals surface area contributed by atoms with Crippen molar-refractivity contribution in [3.8, 4) is 0 Å². The van der Waals surface area contributed by atoms with Gasteiger partial charge in [0.25, 0.3) is 0 Å². The van der Waals surface area contributed by atoms with Gasteiger partial charge in [0.1, 0.15) is 10.6 Å². The van der Waals surface area contributed by atoms with Crippen LogP contribution in [-0.2, 0) is 11.2 Å². The van der Waals surface area contributed by atoms with Gasteiger partial charge in [0, 0.05) is 25.1 Å². The van der Waals surface area contributed by atoms with Crippen LogP contribution < -0.4 is 10.6 Å². The minimum absolute atomic E-state index is 0.0827. The van der Waals surface area contributed by atoms with Gasteiger partial charge in [-0.05, 0) is 32.3 Å². The summed E-state index contributed by atoms with van der Waals surface area (Å²) < 4.78 is 5.84. The molecule has 3 rings (SSSR count). The first-order valence-electron chi connectivity index (χ1n) is 7.49. The molecule has 6 heteroatoms. The van der Waals surface area contributed by atoms with E-state index >= 15 is 0 Å². The Hall–Kier alpha value is -1.40. The van der Waals surface area contributed by atoms with Crippen LogP contribution in [0.25, 0.3) is 10.2 Å². The van der Waals surface area contributed by atoms with Crippen LogP contribution in [0.15, 0.2) is 6.07 Å². The number of hydrogen-bond donors (Lipinski definition) is 2. The van der Waals surface area contributed by atoms with Crippen LogP contribution in [0.3, 0.4) is 0 Å². The Morgan fingerprint density at radius 1 is 1.43 bits per heavy atom. The molecule has 1 unspecified atom stereocenters. The predicted octanol–water partition coefficient (Wildman–Crippen LogP) is 3.28. The Balaban J connectivity index is 1.90. The molecule has 0 saturated carbocycles. The molecule has 2 N–H and O–H groups in total. The number of aromatic nitrogens is 2. The molecule has 1 saturated heterocycles. The zero-order valence-corrected chi connectivity index (χ0v) is 13.6. The number of anilines is 2. The van der Waals surface area contributed by atoms with Gasteiger partial charge in [-0.25, -0.2) is 4.98 Å². The fraction of sp³-hybridized carbons (Fsp3) is 0.600. The van der Waals surface area contributed by atoms with E-state index in [-0.39, 0.29) is 5.60 Å². The van der Waals surface area contributed by atoms with Gasteiger partial charge >= 0.3 is 0 Å². The molecule has 0 bridgehead atoms. The molecular weight excluding hydrogens is 284 g/mol. The lowest BCUT2D eigenvalue weighted by Gasteiger charge is -2.23. The van der Waals surface area contributed by atoms with E-state index in [0.29, 0.717) is 5.95 Å². The first-order chi connectivity index (χ1) is 10.1. The summed E-state index contributed by atoms with van der Waals surface area (Å²) in [4.78, 5) is 11.5. The van der Waals surface area contributed by atoms with Crippen LogP contribution in [0.4, 0.5) is 11.8 Å². The molecule has 114 valence electrons. The molecule has 2 aromatic rings. The van der Waals surface area contributed by atoms with Crippen LogP contribution in [0.5, 0.6) is 0 Å². The number of fused-ring (bicyclic) bond motifs is 1. The van der Waals surface area contributed by atoms with Crippen LogP contribution in [0.2, 0.25) is 0 Å². The van der Waals surface area contributed by atoms with Crippen molar-refractivity contribution in [2.45, 2.75) is 38.7 Å². The molecule has 0 radical (unpaired) electrons. The van der Waals surface area contributed by atoms with Crippen molar-refractivity contribution in [3.05, 3.63) is 10.9 Å². The van der Waals surface area contributed by atoms with Crippen molar-refractivity contribution >= 4 is 33.3 Å². The third kappa shape index (κ3) is 2.96. The molecule has 3 heterocycles. The monoisotopic (exact) mass is 306 g/mol. The highest BCUT2D eigenvalue weighted by molar-refractivity contribution is 7.18. The highest BCUT2D eigenvalue weighted by Gasteiger charge is 2.29. The van der Waals surface area contributed by atoms with Crippen LogP contribution in [0.1, 0.15) is 31.6 Å². The summed E-state index contributed by atoms with van der Waals surface area (Å²) in [6.07, 6.45) is 3.25. The zero-order valence-electron chi connectivity index (χ0n) is 12.8. The van der Waals surface area contributed by atoms with E-state index in [1.54, 1.807) is 11.3 Å². The maximum atomic E-state index is 5.84. The smallest absolute Gasteiger partial charge is 0.225 e. The largest absolute Gasteiger partial charge is 0.373 e. The first-order valence-corrected chi connectivity index (χ1v) is 8.31. The fourth-order valence-electron chi connectivity index (χ4n) is 2.64. The Morgan fingerprint density at radius 3 is 2.95 bits per heavy atom. The van der Waals surface area contributed by atoms with Gasteiger partial charge in [-0.3, -0.25) is 0 Å². The molecule has 1 fully saturated rings. The average molecular weight is 306 g/mol. The van der Waals surface area contributed by atoms with E-state index in [0.717, 1.165) is 48.4 Å².